The summed E-state index contributed by atoms with van der Waals surface area (Å²) in [6, 6.07) is 20.0. The Morgan fingerprint density at radius 3 is 2.29 bits per heavy atom. The molecule has 0 aromatic heterocycles. The van der Waals surface area contributed by atoms with E-state index in [0.717, 1.165) is 30.5 Å². The molecule has 4 heteroatoms. The Morgan fingerprint density at radius 2 is 1.58 bits per heavy atom. The summed E-state index contributed by atoms with van der Waals surface area (Å²) in [5.74, 6) is 0.177. The number of benzene rings is 2. The molecule has 1 fully saturated rings. The van der Waals surface area contributed by atoms with E-state index < -0.39 is 6.10 Å². The van der Waals surface area contributed by atoms with E-state index in [1.54, 1.807) is 0 Å². The molecule has 0 heterocycles. The molecule has 0 radical (unpaired) electrons. The highest BCUT2D eigenvalue weighted by atomic mass is 32.1. The Labute approximate surface area is 149 Å². The predicted molar refractivity (Wildman–Crippen MR) is 103 cm³/mol. The van der Waals surface area contributed by atoms with Crippen LogP contribution in [0, 0.1) is 5.92 Å². The lowest BCUT2D eigenvalue weighted by Gasteiger charge is -2.36. The van der Waals surface area contributed by atoms with Gasteiger partial charge in [-0.3, -0.25) is 0 Å². The molecule has 0 unspecified atom stereocenters. The van der Waals surface area contributed by atoms with E-state index in [4.69, 9.17) is 12.2 Å². The van der Waals surface area contributed by atoms with Crippen molar-refractivity contribution in [2.45, 2.75) is 37.8 Å². The summed E-state index contributed by atoms with van der Waals surface area (Å²) in [6.45, 7) is 0. The second kappa shape index (κ2) is 8.27. The first-order chi connectivity index (χ1) is 11.7. The van der Waals surface area contributed by atoms with Gasteiger partial charge in [0.25, 0.3) is 0 Å². The van der Waals surface area contributed by atoms with Crippen LogP contribution in [0.4, 0.5) is 5.69 Å². The number of thiocarbonyl (C=S) groups is 1. The standard InChI is InChI=1S/C20H24N2OS/c23-19(15-9-3-1-4-10-15)17-13-7-8-14-18(17)22-20(24)21-16-11-5-2-6-12-16/h1-6,9-12,17-19,23H,7-8,13-14H2,(H2,21,22,24)/t17-,18-,19-/m1/s1. The van der Waals surface area contributed by atoms with E-state index in [9.17, 15) is 5.11 Å². The third-order valence-electron chi connectivity index (χ3n) is 4.71. The second-order valence-electron chi connectivity index (χ2n) is 6.37. The second-order valence-corrected chi connectivity index (χ2v) is 6.78. The monoisotopic (exact) mass is 340 g/mol. The van der Waals surface area contributed by atoms with Crippen LogP contribution in [0.25, 0.3) is 0 Å². The van der Waals surface area contributed by atoms with Crippen LogP contribution in [0.1, 0.15) is 37.4 Å². The van der Waals surface area contributed by atoms with Gasteiger partial charge >= 0.3 is 0 Å². The van der Waals surface area contributed by atoms with Gasteiger partial charge in [0.05, 0.1) is 6.10 Å². The highest BCUT2D eigenvalue weighted by Crippen LogP contribution is 2.34. The third kappa shape index (κ3) is 4.34. The Balaban J connectivity index is 1.65. The molecule has 2 aromatic rings. The Morgan fingerprint density at radius 1 is 0.958 bits per heavy atom. The maximum Gasteiger partial charge on any atom is 0.171 e. The van der Waals surface area contributed by atoms with Gasteiger partial charge in [-0.25, -0.2) is 0 Å². The van der Waals surface area contributed by atoms with Crippen molar-refractivity contribution in [1.29, 1.82) is 0 Å². The quantitative estimate of drug-likeness (QED) is 0.728. The SMILES string of the molecule is O[C@H](c1ccccc1)[C@@H]1CCCC[C@H]1NC(=S)Nc1ccccc1. The van der Waals surface area contributed by atoms with Crippen molar-refractivity contribution < 1.29 is 5.11 Å². The maximum absolute atomic E-state index is 10.8. The van der Waals surface area contributed by atoms with E-state index in [-0.39, 0.29) is 12.0 Å². The first-order valence-electron chi connectivity index (χ1n) is 8.59. The fourth-order valence-corrected chi connectivity index (χ4v) is 3.74. The van der Waals surface area contributed by atoms with Gasteiger partial charge in [-0.2, -0.15) is 0 Å². The van der Waals surface area contributed by atoms with Crippen molar-refractivity contribution in [2.24, 2.45) is 5.92 Å². The molecule has 1 aliphatic carbocycles. The van der Waals surface area contributed by atoms with Crippen molar-refractivity contribution in [3.05, 3.63) is 66.2 Å². The van der Waals surface area contributed by atoms with Gasteiger partial charge in [0.15, 0.2) is 5.11 Å². The Kier molecular flexibility index (Phi) is 5.83. The first-order valence-corrected chi connectivity index (χ1v) is 9.00. The van der Waals surface area contributed by atoms with Crippen molar-refractivity contribution >= 4 is 23.0 Å². The molecule has 126 valence electrons. The molecule has 3 nitrogen and oxygen atoms in total. The minimum absolute atomic E-state index is 0.177. The molecule has 0 amide bonds. The fourth-order valence-electron chi connectivity index (χ4n) is 3.47. The molecular weight excluding hydrogens is 316 g/mol. The molecule has 0 spiro atoms. The highest BCUT2D eigenvalue weighted by Gasteiger charge is 2.32. The van der Waals surface area contributed by atoms with Crippen LogP contribution in [0.15, 0.2) is 60.7 Å². The first kappa shape index (κ1) is 16.9. The molecule has 0 bridgehead atoms. The van der Waals surface area contributed by atoms with Crippen LogP contribution in [-0.4, -0.2) is 16.3 Å². The minimum atomic E-state index is -0.455. The van der Waals surface area contributed by atoms with Crippen molar-refractivity contribution in [2.75, 3.05) is 5.32 Å². The molecule has 3 N–H and O–H groups in total. The van der Waals surface area contributed by atoms with Crippen molar-refractivity contribution in [1.82, 2.24) is 5.32 Å². The van der Waals surface area contributed by atoms with E-state index in [1.165, 1.54) is 6.42 Å². The zero-order valence-electron chi connectivity index (χ0n) is 13.7. The van der Waals surface area contributed by atoms with Crippen molar-refractivity contribution in [3.63, 3.8) is 0 Å². The third-order valence-corrected chi connectivity index (χ3v) is 4.93. The van der Waals surface area contributed by atoms with Gasteiger partial charge in [0.1, 0.15) is 0 Å². The average Bonchev–Trinajstić information content (AvgIpc) is 2.63. The van der Waals surface area contributed by atoms with Gasteiger partial charge in [-0.15, -0.1) is 0 Å². The topological polar surface area (TPSA) is 44.3 Å². The van der Waals surface area contributed by atoms with Crippen LogP contribution in [-0.2, 0) is 0 Å². The number of para-hydroxylation sites is 1. The van der Waals surface area contributed by atoms with E-state index in [0.29, 0.717) is 5.11 Å². The molecule has 3 atom stereocenters. The van der Waals surface area contributed by atoms with Crippen LogP contribution in [0.5, 0.6) is 0 Å². The zero-order valence-corrected chi connectivity index (χ0v) is 14.5. The predicted octanol–water partition coefficient (Wildman–Crippen LogP) is 4.27. The molecule has 24 heavy (non-hydrogen) atoms. The van der Waals surface area contributed by atoms with Crippen LogP contribution in [0.2, 0.25) is 0 Å². The molecule has 0 aliphatic heterocycles. The fraction of sp³-hybridized carbons (Fsp3) is 0.350. The molecule has 3 rings (SSSR count). The minimum Gasteiger partial charge on any atom is -0.388 e. The number of rotatable bonds is 4. The number of hydrogen-bond donors (Lipinski definition) is 3. The lowest BCUT2D eigenvalue weighted by atomic mass is 9.79. The average molecular weight is 340 g/mol. The Bertz CT molecular complexity index is 647. The summed E-state index contributed by atoms with van der Waals surface area (Å²) in [4.78, 5) is 0. The summed E-state index contributed by atoms with van der Waals surface area (Å²) >= 11 is 5.47. The number of anilines is 1. The van der Waals surface area contributed by atoms with Crippen molar-refractivity contribution in [3.8, 4) is 0 Å². The van der Waals surface area contributed by atoms with Crippen LogP contribution >= 0.6 is 12.2 Å². The lowest BCUT2D eigenvalue weighted by Crippen LogP contribution is -2.45. The Hall–Kier alpha value is -1.91. The summed E-state index contributed by atoms with van der Waals surface area (Å²) < 4.78 is 0. The van der Waals surface area contributed by atoms with E-state index in [1.807, 2.05) is 60.7 Å². The normalized spacial score (nSPS) is 21.7. The summed E-state index contributed by atoms with van der Waals surface area (Å²) in [5.41, 5.74) is 1.96. The maximum atomic E-state index is 10.8. The number of aliphatic hydroxyl groups is 1. The lowest BCUT2D eigenvalue weighted by molar-refractivity contribution is 0.0672. The zero-order chi connectivity index (χ0) is 16.8. The molecule has 1 aliphatic rings. The smallest absolute Gasteiger partial charge is 0.171 e. The van der Waals surface area contributed by atoms with Gasteiger partial charge < -0.3 is 15.7 Å². The van der Waals surface area contributed by atoms with E-state index in [2.05, 4.69) is 10.6 Å². The molecule has 0 saturated heterocycles. The summed E-state index contributed by atoms with van der Waals surface area (Å²) in [7, 11) is 0. The van der Waals surface area contributed by atoms with Gasteiger partial charge in [-0.05, 0) is 42.8 Å². The van der Waals surface area contributed by atoms with Gasteiger partial charge in [-0.1, -0.05) is 61.4 Å². The molecular formula is C20H24N2OS. The molecule has 1 saturated carbocycles. The summed E-state index contributed by atoms with van der Waals surface area (Å²) in [5, 5.41) is 18.1. The number of nitrogens with one attached hydrogen (secondary N) is 2. The highest BCUT2D eigenvalue weighted by molar-refractivity contribution is 7.80. The number of hydrogen-bond acceptors (Lipinski definition) is 2. The van der Waals surface area contributed by atoms with Gasteiger partial charge in [0.2, 0.25) is 0 Å². The largest absolute Gasteiger partial charge is 0.388 e. The van der Waals surface area contributed by atoms with E-state index >= 15 is 0 Å². The number of aliphatic hydroxyl groups excluding tert-OH is 1. The van der Waals surface area contributed by atoms with Gasteiger partial charge in [0, 0.05) is 17.6 Å². The summed E-state index contributed by atoms with van der Waals surface area (Å²) in [6.07, 6.45) is 3.92. The molecule has 2 aromatic carbocycles. The van der Waals surface area contributed by atoms with Crippen LogP contribution in [0.3, 0.4) is 0 Å². The van der Waals surface area contributed by atoms with Crippen LogP contribution < -0.4 is 10.6 Å².